The molecular weight excluding hydrogens is 302 g/mol. The molecule has 104 valence electrons. The molecule has 8 heteroatoms. The molecule has 0 radical (unpaired) electrons. The largest absolute Gasteiger partial charge is 0.326 e. The van der Waals surface area contributed by atoms with E-state index in [1.165, 1.54) is 11.3 Å². The van der Waals surface area contributed by atoms with Crippen LogP contribution in [0.2, 0.25) is 0 Å². The topological polar surface area (TPSA) is 85.1 Å². The SMILES string of the molecule is Cc1nc(CCNS(=O)(=O)c2csc(CN)c2)cs1. The van der Waals surface area contributed by atoms with Gasteiger partial charge in [-0.05, 0) is 13.0 Å². The molecule has 2 heterocycles. The molecule has 2 aromatic rings. The van der Waals surface area contributed by atoms with Gasteiger partial charge in [0.05, 0.1) is 15.6 Å². The van der Waals surface area contributed by atoms with Crippen molar-refractivity contribution in [1.29, 1.82) is 0 Å². The van der Waals surface area contributed by atoms with Crippen LogP contribution >= 0.6 is 22.7 Å². The number of aromatic nitrogens is 1. The number of hydrogen-bond acceptors (Lipinski definition) is 6. The normalized spacial score (nSPS) is 11.9. The lowest BCUT2D eigenvalue weighted by atomic mass is 10.3. The average molecular weight is 317 g/mol. The van der Waals surface area contributed by atoms with Crippen LogP contribution in [0, 0.1) is 6.92 Å². The molecule has 2 aromatic heterocycles. The summed E-state index contributed by atoms with van der Waals surface area (Å²) in [6, 6.07) is 1.61. The zero-order valence-corrected chi connectivity index (χ0v) is 12.9. The lowest BCUT2D eigenvalue weighted by molar-refractivity contribution is 0.581. The second-order valence-electron chi connectivity index (χ2n) is 3.96. The number of rotatable bonds is 6. The van der Waals surface area contributed by atoms with E-state index in [1.807, 2.05) is 12.3 Å². The lowest BCUT2D eigenvalue weighted by Gasteiger charge is -2.03. The third kappa shape index (κ3) is 3.83. The molecule has 0 unspecified atom stereocenters. The van der Waals surface area contributed by atoms with Crippen molar-refractivity contribution in [2.45, 2.75) is 24.8 Å². The van der Waals surface area contributed by atoms with Crippen LogP contribution in [-0.4, -0.2) is 19.9 Å². The molecule has 0 aromatic carbocycles. The Morgan fingerprint density at radius 1 is 1.37 bits per heavy atom. The Kier molecular flexibility index (Phi) is 4.69. The fourth-order valence-corrected chi connectivity index (χ4v) is 4.36. The van der Waals surface area contributed by atoms with E-state index in [-0.39, 0.29) is 4.90 Å². The lowest BCUT2D eigenvalue weighted by Crippen LogP contribution is -2.25. The van der Waals surface area contributed by atoms with Crippen LogP contribution in [0.5, 0.6) is 0 Å². The van der Waals surface area contributed by atoms with Gasteiger partial charge in [-0.25, -0.2) is 18.1 Å². The van der Waals surface area contributed by atoms with Gasteiger partial charge in [-0.3, -0.25) is 0 Å². The molecule has 0 saturated heterocycles. The van der Waals surface area contributed by atoms with Gasteiger partial charge >= 0.3 is 0 Å². The van der Waals surface area contributed by atoms with Gasteiger partial charge in [0.1, 0.15) is 0 Å². The average Bonchev–Trinajstić information content (AvgIpc) is 2.98. The fraction of sp³-hybridized carbons (Fsp3) is 0.364. The van der Waals surface area contributed by atoms with Gasteiger partial charge in [-0.15, -0.1) is 22.7 Å². The zero-order chi connectivity index (χ0) is 13.9. The predicted octanol–water partition coefficient (Wildman–Crippen LogP) is 1.49. The minimum Gasteiger partial charge on any atom is -0.326 e. The van der Waals surface area contributed by atoms with Crippen LogP contribution in [0.3, 0.4) is 0 Å². The highest BCUT2D eigenvalue weighted by molar-refractivity contribution is 7.89. The van der Waals surface area contributed by atoms with Crippen LogP contribution < -0.4 is 10.5 Å². The smallest absolute Gasteiger partial charge is 0.241 e. The van der Waals surface area contributed by atoms with E-state index in [0.29, 0.717) is 19.5 Å². The minimum absolute atomic E-state index is 0.285. The van der Waals surface area contributed by atoms with E-state index in [1.54, 1.807) is 22.8 Å². The van der Waals surface area contributed by atoms with E-state index < -0.39 is 10.0 Å². The van der Waals surface area contributed by atoms with Crippen molar-refractivity contribution in [2.24, 2.45) is 5.73 Å². The van der Waals surface area contributed by atoms with E-state index in [0.717, 1.165) is 15.6 Å². The van der Waals surface area contributed by atoms with Crippen molar-refractivity contribution in [3.8, 4) is 0 Å². The Labute approximate surface area is 120 Å². The highest BCUT2D eigenvalue weighted by atomic mass is 32.2. The Balaban J connectivity index is 1.94. The Morgan fingerprint density at radius 2 is 2.16 bits per heavy atom. The van der Waals surface area contributed by atoms with E-state index in [9.17, 15) is 8.42 Å². The third-order valence-corrected chi connectivity index (χ3v) is 5.85. The summed E-state index contributed by atoms with van der Waals surface area (Å²) in [5.41, 5.74) is 6.39. The van der Waals surface area contributed by atoms with Gasteiger partial charge in [0.15, 0.2) is 0 Å². The first-order chi connectivity index (χ1) is 9.01. The summed E-state index contributed by atoms with van der Waals surface area (Å²) < 4.78 is 26.6. The maximum Gasteiger partial charge on any atom is 0.241 e. The second kappa shape index (κ2) is 6.10. The van der Waals surface area contributed by atoms with Crippen LogP contribution in [0.1, 0.15) is 15.6 Å². The van der Waals surface area contributed by atoms with Crippen molar-refractivity contribution in [3.05, 3.63) is 32.4 Å². The summed E-state index contributed by atoms with van der Waals surface area (Å²) in [5, 5.41) is 4.54. The van der Waals surface area contributed by atoms with E-state index >= 15 is 0 Å². The van der Waals surface area contributed by atoms with Gasteiger partial charge in [0.2, 0.25) is 10.0 Å². The van der Waals surface area contributed by atoms with Gasteiger partial charge in [0, 0.05) is 35.1 Å². The molecule has 19 heavy (non-hydrogen) atoms. The van der Waals surface area contributed by atoms with Gasteiger partial charge in [-0.2, -0.15) is 0 Å². The first-order valence-electron chi connectivity index (χ1n) is 5.69. The molecule has 0 aliphatic carbocycles. The van der Waals surface area contributed by atoms with Crippen LogP contribution in [-0.2, 0) is 23.0 Å². The standard InChI is InChI=1S/C11H15N3O2S3/c1-8-14-9(6-17-8)2-3-13-19(15,16)11-4-10(5-12)18-7-11/h4,6-7,13H,2-3,5,12H2,1H3. The molecule has 0 aliphatic heterocycles. The van der Waals surface area contributed by atoms with Crippen molar-refractivity contribution < 1.29 is 8.42 Å². The molecule has 0 atom stereocenters. The van der Waals surface area contributed by atoms with Gasteiger partial charge in [-0.1, -0.05) is 0 Å². The number of aryl methyl sites for hydroxylation is 1. The van der Waals surface area contributed by atoms with Crippen molar-refractivity contribution in [3.63, 3.8) is 0 Å². The maximum atomic E-state index is 12.0. The highest BCUT2D eigenvalue weighted by Crippen LogP contribution is 2.18. The molecule has 0 bridgehead atoms. The summed E-state index contributed by atoms with van der Waals surface area (Å²) >= 11 is 2.92. The van der Waals surface area contributed by atoms with Crippen molar-refractivity contribution >= 4 is 32.7 Å². The second-order valence-corrected chi connectivity index (χ2v) is 7.78. The Morgan fingerprint density at radius 3 is 2.74 bits per heavy atom. The molecule has 5 nitrogen and oxygen atoms in total. The quantitative estimate of drug-likeness (QED) is 0.845. The monoisotopic (exact) mass is 317 g/mol. The van der Waals surface area contributed by atoms with Gasteiger partial charge < -0.3 is 5.73 Å². The summed E-state index contributed by atoms with van der Waals surface area (Å²) in [6.07, 6.45) is 0.595. The molecule has 3 N–H and O–H groups in total. The number of nitrogens with two attached hydrogens (primary N) is 1. The van der Waals surface area contributed by atoms with E-state index in [4.69, 9.17) is 5.73 Å². The highest BCUT2D eigenvalue weighted by Gasteiger charge is 2.15. The van der Waals surface area contributed by atoms with Crippen molar-refractivity contribution in [1.82, 2.24) is 9.71 Å². The summed E-state index contributed by atoms with van der Waals surface area (Å²) in [7, 11) is -3.43. The molecular formula is C11H15N3O2S3. The Hall–Kier alpha value is -0.800. The van der Waals surface area contributed by atoms with Crippen LogP contribution in [0.25, 0.3) is 0 Å². The van der Waals surface area contributed by atoms with Gasteiger partial charge in [0.25, 0.3) is 0 Å². The summed E-state index contributed by atoms with van der Waals surface area (Å²) in [4.78, 5) is 5.43. The molecule has 0 aliphatic rings. The molecule has 0 spiro atoms. The predicted molar refractivity (Wildman–Crippen MR) is 78.0 cm³/mol. The number of hydrogen-bond donors (Lipinski definition) is 2. The number of thiazole rings is 1. The first-order valence-corrected chi connectivity index (χ1v) is 8.93. The molecule has 0 fully saturated rings. The Bertz CT molecular complexity index is 646. The number of sulfonamides is 1. The summed E-state index contributed by atoms with van der Waals surface area (Å²) in [6.45, 7) is 2.63. The molecule has 2 rings (SSSR count). The number of nitrogens with one attached hydrogen (secondary N) is 1. The third-order valence-electron chi connectivity index (χ3n) is 2.48. The van der Waals surface area contributed by atoms with Crippen LogP contribution in [0.4, 0.5) is 0 Å². The van der Waals surface area contributed by atoms with Crippen LogP contribution in [0.15, 0.2) is 21.7 Å². The molecule has 0 amide bonds. The maximum absolute atomic E-state index is 12.0. The first kappa shape index (κ1) is 14.6. The summed E-state index contributed by atoms with van der Waals surface area (Å²) in [5.74, 6) is 0. The minimum atomic E-state index is -3.43. The number of thiophene rings is 1. The number of nitrogens with zero attached hydrogens (tertiary/aromatic N) is 1. The fourth-order valence-electron chi connectivity index (χ4n) is 1.53. The van der Waals surface area contributed by atoms with Crippen molar-refractivity contribution in [2.75, 3.05) is 6.54 Å². The zero-order valence-electron chi connectivity index (χ0n) is 10.4. The van der Waals surface area contributed by atoms with E-state index in [2.05, 4.69) is 9.71 Å². The molecule has 0 saturated carbocycles.